The van der Waals surface area contributed by atoms with Gasteiger partial charge in [-0.15, -0.1) is 0 Å². The number of hydrogen-bond acceptors (Lipinski definition) is 3. The maximum atomic E-state index is 4.47. The Morgan fingerprint density at radius 2 is 2.28 bits per heavy atom. The first-order valence-electron chi connectivity index (χ1n) is 7.21. The summed E-state index contributed by atoms with van der Waals surface area (Å²) in [6.07, 6.45) is 5.42. The van der Waals surface area contributed by atoms with Crippen LogP contribution in [0.3, 0.4) is 0 Å². The summed E-state index contributed by atoms with van der Waals surface area (Å²) < 4.78 is 0. The van der Waals surface area contributed by atoms with Crippen LogP contribution in [0.15, 0.2) is 18.2 Å². The predicted molar refractivity (Wildman–Crippen MR) is 77.0 cm³/mol. The van der Waals surface area contributed by atoms with E-state index in [4.69, 9.17) is 0 Å². The summed E-state index contributed by atoms with van der Waals surface area (Å²) in [7, 11) is 0. The van der Waals surface area contributed by atoms with E-state index in [0.717, 1.165) is 30.6 Å². The third-order valence-corrected chi connectivity index (χ3v) is 3.81. The third kappa shape index (κ3) is 3.70. The second-order valence-electron chi connectivity index (χ2n) is 5.18. The first-order valence-corrected chi connectivity index (χ1v) is 7.21. The van der Waals surface area contributed by atoms with Gasteiger partial charge in [-0.2, -0.15) is 0 Å². The van der Waals surface area contributed by atoms with E-state index in [0.29, 0.717) is 0 Å². The van der Waals surface area contributed by atoms with Crippen molar-refractivity contribution in [3.63, 3.8) is 0 Å². The molecule has 1 aliphatic rings. The minimum absolute atomic E-state index is 0.797. The van der Waals surface area contributed by atoms with Crippen LogP contribution in [-0.2, 0) is 0 Å². The molecule has 1 atom stereocenters. The zero-order valence-electron chi connectivity index (χ0n) is 11.7. The van der Waals surface area contributed by atoms with E-state index in [9.17, 15) is 0 Å². The van der Waals surface area contributed by atoms with Crippen molar-refractivity contribution in [1.29, 1.82) is 0 Å². The highest BCUT2D eigenvalue weighted by molar-refractivity contribution is 5.34. The van der Waals surface area contributed by atoms with E-state index < -0.39 is 0 Å². The number of nitrogens with one attached hydrogen (secondary N) is 1. The zero-order valence-corrected chi connectivity index (χ0v) is 11.7. The lowest BCUT2D eigenvalue weighted by Crippen LogP contribution is -2.41. The van der Waals surface area contributed by atoms with Crippen LogP contribution >= 0.6 is 0 Å². The van der Waals surface area contributed by atoms with Crippen molar-refractivity contribution >= 4 is 5.82 Å². The molecule has 1 aromatic heterocycles. The monoisotopic (exact) mass is 247 g/mol. The average molecular weight is 247 g/mol. The summed E-state index contributed by atoms with van der Waals surface area (Å²) in [4.78, 5) is 7.10. The van der Waals surface area contributed by atoms with Gasteiger partial charge in [-0.3, -0.25) is 4.90 Å². The predicted octanol–water partition coefficient (Wildman–Crippen LogP) is 3.07. The number of rotatable bonds is 5. The van der Waals surface area contributed by atoms with Gasteiger partial charge in [0.25, 0.3) is 0 Å². The summed E-state index contributed by atoms with van der Waals surface area (Å²) in [5.74, 6) is 1.00. The highest BCUT2D eigenvalue weighted by Gasteiger charge is 2.19. The van der Waals surface area contributed by atoms with E-state index in [1.807, 2.05) is 19.1 Å². The lowest BCUT2D eigenvalue weighted by Gasteiger charge is -2.35. The average Bonchev–Trinajstić information content (AvgIpc) is 2.39. The zero-order chi connectivity index (χ0) is 12.8. The van der Waals surface area contributed by atoms with Crippen LogP contribution < -0.4 is 5.32 Å². The standard InChI is InChI=1S/C15H25N3/c1-3-14-8-4-5-11-18(14)12-10-16-15-9-6-7-13(2)17-15/h6-7,9,14H,3-5,8,10-12H2,1-2H3,(H,16,17). The van der Waals surface area contributed by atoms with Gasteiger partial charge in [0.05, 0.1) is 0 Å². The van der Waals surface area contributed by atoms with Crippen LogP contribution in [0.4, 0.5) is 5.82 Å². The van der Waals surface area contributed by atoms with Gasteiger partial charge in [-0.25, -0.2) is 4.98 Å². The van der Waals surface area contributed by atoms with Crippen LogP contribution in [0.2, 0.25) is 0 Å². The van der Waals surface area contributed by atoms with Crippen molar-refractivity contribution in [1.82, 2.24) is 9.88 Å². The van der Waals surface area contributed by atoms with Crippen molar-refractivity contribution in [3.8, 4) is 0 Å². The highest BCUT2D eigenvalue weighted by atomic mass is 15.2. The number of anilines is 1. The van der Waals surface area contributed by atoms with Gasteiger partial charge in [0.1, 0.15) is 5.82 Å². The third-order valence-electron chi connectivity index (χ3n) is 3.81. The Balaban J connectivity index is 1.77. The van der Waals surface area contributed by atoms with Crippen LogP contribution in [-0.4, -0.2) is 35.6 Å². The van der Waals surface area contributed by atoms with Gasteiger partial charge in [-0.1, -0.05) is 19.4 Å². The molecule has 1 aliphatic heterocycles. The van der Waals surface area contributed by atoms with Crippen molar-refractivity contribution in [2.45, 2.75) is 45.6 Å². The minimum Gasteiger partial charge on any atom is -0.369 e. The molecule has 1 N–H and O–H groups in total. The van der Waals surface area contributed by atoms with Gasteiger partial charge in [0.15, 0.2) is 0 Å². The molecule has 0 bridgehead atoms. The molecular formula is C15H25N3. The largest absolute Gasteiger partial charge is 0.369 e. The molecule has 0 aliphatic carbocycles. The second kappa shape index (κ2) is 6.74. The molecule has 1 fully saturated rings. The maximum absolute atomic E-state index is 4.47. The SMILES string of the molecule is CCC1CCCCN1CCNc1cccc(C)n1. The Bertz CT molecular complexity index is 365. The van der Waals surface area contributed by atoms with E-state index >= 15 is 0 Å². The summed E-state index contributed by atoms with van der Waals surface area (Å²) in [6, 6.07) is 6.93. The Morgan fingerprint density at radius 1 is 1.39 bits per heavy atom. The first-order chi connectivity index (χ1) is 8.79. The smallest absolute Gasteiger partial charge is 0.126 e. The van der Waals surface area contributed by atoms with Crippen LogP contribution in [0.25, 0.3) is 0 Å². The van der Waals surface area contributed by atoms with Crippen LogP contribution in [0.1, 0.15) is 38.3 Å². The Labute approximate surface area is 111 Å². The molecule has 0 aromatic carbocycles. The number of nitrogens with zero attached hydrogens (tertiary/aromatic N) is 2. The van der Waals surface area contributed by atoms with Gasteiger partial charge in [0.2, 0.25) is 0 Å². The molecule has 1 aromatic rings. The molecule has 1 unspecified atom stereocenters. The quantitative estimate of drug-likeness (QED) is 0.866. The summed E-state index contributed by atoms with van der Waals surface area (Å²) in [5, 5.41) is 3.42. The molecular weight excluding hydrogens is 222 g/mol. The van der Waals surface area contributed by atoms with Gasteiger partial charge < -0.3 is 5.32 Å². The fraction of sp³-hybridized carbons (Fsp3) is 0.667. The summed E-state index contributed by atoms with van der Waals surface area (Å²) in [6.45, 7) is 7.73. The topological polar surface area (TPSA) is 28.2 Å². The highest BCUT2D eigenvalue weighted by Crippen LogP contribution is 2.18. The van der Waals surface area contributed by atoms with Gasteiger partial charge in [0, 0.05) is 24.8 Å². The lowest BCUT2D eigenvalue weighted by atomic mass is 10.0. The number of aryl methyl sites for hydroxylation is 1. The molecule has 18 heavy (non-hydrogen) atoms. The minimum atomic E-state index is 0.797. The fourth-order valence-corrected chi connectivity index (χ4v) is 2.79. The van der Waals surface area contributed by atoms with Gasteiger partial charge >= 0.3 is 0 Å². The lowest BCUT2D eigenvalue weighted by molar-refractivity contribution is 0.150. The number of piperidine rings is 1. The molecule has 0 spiro atoms. The normalized spacial score (nSPS) is 20.9. The van der Waals surface area contributed by atoms with Crippen molar-refractivity contribution < 1.29 is 0 Å². The van der Waals surface area contributed by atoms with Crippen LogP contribution in [0, 0.1) is 6.92 Å². The molecule has 0 saturated carbocycles. The Hall–Kier alpha value is -1.09. The number of hydrogen-bond donors (Lipinski definition) is 1. The number of likely N-dealkylation sites (tertiary alicyclic amines) is 1. The molecule has 0 radical (unpaired) electrons. The van der Waals surface area contributed by atoms with Crippen LogP contribution in [0.5, 0.6) is 0 Å². The van der Waals surface area contributed by atoms with Gasteiger partial charge in [-0.05, 0) is 44.9 Å². The number of aromatic nitrogens is 1. The van der Waals surface area contributed by atoms with Crippen molar-refractivity contribution in [3.05, 3.63) is 23.9 Å². The van der Waals surface area contributed by atoms with E-state index in [-0.39, 0.29) is 0 Å². The van der Waals surface area contributed by atoms with Crippen molar-refractivity contribution in [2.24, 2.45) is 0 Å². The first kappa shape index (κ1) is 13.3. The summed E-state index contributed by atoms with van der Waals surface area (Å²) in [5.41, 5.74) is 1.07. The molecule has 3 heteroatoms. The Morgan fingerprint density at radius 3 is 3.06 bits per heavy atom. The molecule has 3 nitrogen and oxygen atoms in total. The molecule has 0 amide bonds. The molecule has 1 saturated heterocycles. The van der Waals surface area contributed by atoms with E-state index in [1.165, 1.54) is 32.2 Å². The maximum Gasteiger partial charge on any atom is 0.126 e. The number of pyridine rings is 1. The fourth-order valence-electron chi connectivity index (χ4n) is 2.79. The van der Waals surface area contributed by atoms with E-state index in [1.54, 1.807) is 0 Å². The summed E-state index contributed by atoms with van der Waals surface area (Å²) >= 11 is 0. The molecule has 100 valence electrons. The van der Waals surface area contributed by atoms with Crippen molar-refractivity contribution in [2.75, 3.05) is 25.0 Å². The second-order valence-corrected chi connectivity index (χ2v) is 5.18. The molecule has 2 rings (SSSR count). The van der Waals surface area contributed by atoms with E-state index in [2.05, 4.69) is 28.2 Å². The molecule has 2 heterocycles. The Kier molecular flexibility index (Phi) is 5.00.